The van der Waals surface area contributed by atoms with E-state index in [9.17, 15) is 0 Å². The minimum absolute atomic E-state index is 0.285. The SMILES string of the molecule is CNC(Cc1cncs1)c1cc(C)cc(Cl)c1. The van der Waals surface area contributed by atoms with E-state index >= 15 is 0 Å². The Kier molecular flexibility index (Phi) is 4.15. The summed E-state index contributed by atoms with van der Waals surface area (Å²) in [6, 6.07) is 6.46. The van der Waals surface area contributed by atoms with E-state index in [1.165, 1.54) is 16.0 Å². The highest BCUT2D eigenvalue weighted by Crippen LogP contribution is 2.24. The summed E-state index contributed by atoms with van der Waals surface area (Å²) in [5, 5.41) is 4.13. The zero-order valence-electron chi connectivity index (χ0n) is 9.90. The van der Waals surface area contributed by atoms with Crippen LogP contribution in [0.25, 0.3) is 0 Å². The Morgan fingerprint density at radius 1 is 1.41 bits per heavy atom. The van der Waals surface area contributed by atoms with Gasteiger partial charge in [-0.25, -0.2) is 0 Å². The van der Waals surface area contributed by atoms with E-state index in [0.717, 1.165) is 11.4 Å². The highest BCUT2D eigenvalue weighted by Gasteiger charge is 2.12. The number of hydrogen-bond donors (Lipinski definition) is 1. The first-order valence-corrected chi connectivity index (χ1v) is 6.76. The fourth-order valence-electron chi connectivity index (χ4n) is 1.90. The molecule has 0 fully saturated rings. The molecule has 1 aromatic carbocycles. The lowest BCUT2D eigenvalue weighted by Crippen LogP contribution is -2.18. The first-order chi connectivity index (χ1) is 8.19. The van der Waals surface area contributed by atoms with Gasteiger partial charge < -0.3 is 5.32 Å². The minimum Gasteiger partial charge on any atom is -0.313 e. The van der Waals surface area contributed by atoms with Gasteiger partial charge in [-0.1, -0.05) is 17.7 Å². The van der Waals surface area contributed by atoms with Crippen LogP contribution in [0.4, 0.5) is 0 Å². The Bertz CT molecular complexity index is 462. The van der Waals surface area contributed by atoms with Crippen molar-refractivity contribution in [3.8, 4) is 0 Å². The Hall–Kier alpha value is -0.900. The predicted octanol–water partition coefficient (Wildman–Crippen LogP) is 3.61. The lowest BCUT2D eigenvalue weighted by atomic mass is 10.0. The van der Waals surface area contributed by atoms with Crippen molar-refractivity contribution in [1.29, 1.82) is 0 Å². The number of aryl methyl sites for hydroxylation is 1. The van der Waals surface area contributed by atoms with Gasteiger partial charge in [0.25, 0.3) is 0 Å². The average Bonchev–Trinajstić information content (AvgIpc) is 2.77. The van der Waals surface area contributed by atoms with Gasteiger partial charge in [-0.05, 0) is 37.2 Å². The molecule has 0 radical (unpaired) electrons. The fraction of sp³-hybridized carbons (Fsp3) is 0.308. The summed E-state index contributed by atoms with van der Waals surface area (Å²) in [6.45, 7) is 2.06. The summed E-state index contributed by atoms with van der Waals surface area (Å²) in [7, 11) is 1.97. The molecular formula is C13H15ClN2S. The lowest BCUT2D eigenvalue weighted by Gasteiger charge is -2.16. The van der Waals surface area contributed by atoms with Gasteiger partial charge in [0.2, 0.25) is 0 Å². The summed E-state index contributed by atoms with van der Waals surface area (Å²) >= 11 is 7.78. The van der Waals surface area contributed by atoms with Crippen LogP contribution >= 0.6 is 22.9 Å². The lowest BCUT2D eigenvalue weighted by molar-refractivity contribution is 0.596. The summed E-state index contributed by atoms with van der Waals surface area (Å²) < 4.78 is 0. The molecule has 4 heteroatoms. The van der Waals surface area contributed by atoms with Gasteiger partial charge in [0.05, 0.1) is 5.51 Å². The van der Waals surface area contributed by atoms with E-state index < -0.39 is 0 Å². The number of nitrogens with one attached hydrogen (secondary N) is 1. The number of benzene rings is 1. The van der Waals surface area contributed by atoms with E-state index in [2.05, 4.69) is 23.3 Å². The molecule has 1 unspecified atom stereocenters. The largest absolute Gasteiger partial charge is 0.313 e. The Morgan fingerprint density at radius 3 is 2.82 bits per heavy atom. The number of halogens is 1. The Balaban J connectivity index is 2.22. The van der Waals surface area contributed by atoms with E-state index in [-0.39, 0.29) is 6.04 Å². The van der Waals surface area contributed by atoms with E-state index in [4.69, 9.17) is 11.6 Å². The third-order valence-corrected chi connectivity index (χ3v) is 3.72. The molecule has 0 spiro atoms. The maximum Gasteiger partial charge on any atom is 0.0794 e. The van der Waals surface area contributed by atoms with Crippen LogP contribution in [-0.2, 0) is 6.42 Å². The number of thiazole rings is 1. The maximum atomic E-state index is 6.10. The molecule has 17 heavy (non-hydrogen) atoms. The molecule has 1 N–H and O–H groups in total. The van der Waals surface area contributed by atoms with Gasteiger partial charge in [-0.3, -0.25) is 4.98 Å². The molecule has 1 atom stereocenters. The molecule has 1 aromatic heterocycles. The average molecular weight is 267 g/mol. The van der Waals surface area contributed by atoms with Crippen molar-refractivity contribution < 1.29 is 0 Å². The molecule has 2 rings (SSSR count). The monoisotopic (exact) mass is 266 g/mol. The Labute approximate surface area is 111 Å². The van der Waals surface area contributed by atoms with Crippen molar-refractivity contribution >= 4 is 22.9 Å². The van der Waals surface area contributed by atoms with Gasteiger partial charge >= 0.3 is 0 Å². The molecule has 90 valence electrons. The highest BCUT2D eigenvalue weighted by atomic mass is 35.5. The summed E-state index contributed by atoms with van der Waals surface area (Å²) in [4.78, 5) is 5.38. The highest BCUT2D eigenvalue weighted by molar-refractivity contribution is 7.09. The standard InChI is InChI=1S/C13H15ClN2S/c1-9-3-10(5-11(14)4-9)13(15-2)6-12-7-16-8-17-12/h3-5,7-8,13,15H,6H2,1-2H3. The van der Waals surface area contributed by atoms with Crippen molar-refractivity contribution in [2.24, 2.45) is 0 Å². The number of aromatic nitrogens is 1. The van der Waals surface area contributed by atoms with Gasteiger partial charge in [-0.2, -0.15) is 0 Å². The topological polar surface area (TPSA) is 24.9 Å². The number of rotatable bonds is 4. The maximum absolute atomic E-state index is 6.10. The smallest absolute Gasteiger partial charge is 0.0794 e. The van der Waals surface area contributed by atoms with Gasteiger partial charge in [-0.15, -0.1) is 11.3 Å². The van der Waals surface area contributed by atoms with Crippen LogP contribution in [0.1, 0.15) is 22.0 Å². The van der Waals surface area contributed by atoms with Crippen LogP contribution in [0.5, 0.6) is 0 Å². The summed E-state index contributed by atoms with van der Waals surface area (Å²) in [5.41, 5.74) is 4.29. The first kappa shape index (κ1) is 12.6. The molecule has 0 saturated heterocycles. The van der Waals surface area contributed by atoms with Crippen LogP contribution in [0.3, 0.4) is 0 Å². The molecule has 0 saturated carbocycles. The molecule has 0 aliphatic carbocycles. The zero-order chi connectivity index (χ0) is 12.3. The van der Waals surface area contributed by atoms with Crippen molar-refractivity contribution in [2.45, 2.75) is 19.4 Å². The molecule has 0 amide bonds. The summed E-state index contributed by atoms with van der Waals surface area (Å²) in [6.07, 6.45) is 2.87. The first-order valence-electron chi connectivity index (χ1n) is 5.51. The number of nitrogens with zero attached hydrogens (tertiary/aromatic N) is 1. The second kappa shape index (κ2) is 5.63. The van der Waals surface area contributed by atoms with E-state index in [1.807, 2.05) is 30.9 Å². The minimum atomic E-state index is 0.285. The third kappa shape index (κ3) is 3.28. The van der Waals surface area contributed by atoms with Crippen molar-refractivity contribution in [1.82, 2.24) is 10.3 Å². The van der Waals surface area contributed by atoms with Crippen molar-refractivity contribution in [3.05, 3.63) is 50.9 Å². The molecule has 0 bridgehead atoms. The van der Waals surface area contributed by atoms with E-state index in [1.54, 1.807) is 11.3 Å². The fourth-order valence-corrected chi connectivity index (χ4v) is 2.84. The van der Waals surface area contributed by atoms with Crippen LogP contribution in [-0.4, -0.2) is 12.0 Å². The molecule has 0 aliphatic rings. The predicted molar refractivity (Wildman–Crippen MR) is 73.8 cm³/mol. The second-order valence-electron chi connectivity index (χ2n) is 4.08. The normalized spacial score (nSPS) is 12.6. The van der Waals surface area contributed by atoms with Crippen LogP contribution in [0, 0.1) is 6.92 Å². The third-order valence-electron chi connectivity index (χ3n) is 2.70. The quantitative estimate of drug-likeness (QED) is 0.915. The summed E-state index contributed by atoms with van der Waals surface area (Å²) in [5.74, 6) is 0. The van der Waals surface area contributed by atoms with Gasteiger partial charge in [0.15, 0.2) is 0 Å². The zero-order valence-corrected chi connectivity index (χ0v) is 11.5. The molecule has 2 aromatic rings. The van der Waals surface area contributed by atoms with E-state index in [0.29, 0.717) is 0 Å². The van der Waals surface area contributed by atoms with Crippen LogP contribution in [0.15, 0.2) is 29.9 Å². The number of hydrogen-bond acceptors (Lipinski definition) is 3. The number of likely N-dealkylation sites (N-methyl/N-ethyl adjacent to an activating group) is 1. The van der Waals surface area contributed by atoms with Gasteiger partial charge in [0.1, 0.15) is 0 Å². The van der Waals surface area contributed by atoms with Crippen molar-refractivity contribution in [2.75, 3.05) is 7.05 Å². The van der Waals surface area contributed by atoms with Gasteiger partial charge in [0, 0.05) is 28.6 Å². The Morgan fingerprint density at radius 2 is 2.24 bits per heavy atom. The molecule has 1 heterocycles. The van der Waals surface area contributed by atoms with Crippen LogP contribution < -0.4 is 5.32 Å². The van der Waals surface area contributed by atoms with Crippen molar-refractivity contribution in [3.63, 3.8) is 0 Å². The molecule has 2 nitrogen and oxygen atoms in total. The van der Waals surface area contributed by atoms with Crippen LogP contribution in [0.2, 0.25) is 5.02 Å². The molecular weight excluding hydrogens is 252 g/mol. The second-order valence-corrected chi connectivity index (χ2v) is 5.48. The molecule has 0 aliphatic heterocycles.